The maximum Gasteiger partial charge on any atom is 0.336 e. The van der Waals surface area contributed by atoms with E-state index in [9.17, 15) is 19.5 Å². The number of aliphatic carboxylic acids is 1. The number of carbonyl (C=O) groups is 3. The van der Waals surface area contributed by atoms with Gasteiger partial charge in [0.05, 0.1) is 11.1 Å². The molecule has 0 unspecified atom stereocenters. The van der Waals surface area contributed by atoms with E-state index >= 15 is 0 Å². The van der Waals surface area contributed by atoms with Crippen molar-refractivity contribution in [2.75, 3.05) is 0 Å². The molecule has 0 heterocycles. The lowest BCUT2D eigenvalue weighted by Crippen LogP contribution is -2.11. The topological polar surface area (TPSA) is 132 Å². The number of hydrogen-bond acceptors (Lipinski definition) is 4. The van der Waals surface area contributed by atoms with Crippen molar-refractivity contribution in [1.82, 2.24) is 0 Å². The lowest BCUT2D eigenvalue weighted by Gasteiger charge is -2.08. The van der Waals surface area contributed by atoms with Crippen LogP contribution < -0.4 is 0 Å². The Morgan fingerprint density at radius 2 is 1.57 bits per heavy atom. The van der Waals surface area contributed by atoms with Crippen LogP contribution in [0.15, 0.2) is 24.3 Å². The van der Waals surface area contributed by atoms with Crippen molar-refractivity contribution in [3.05, 3.63) is 41.0 Å². The fourth-order valence-electron chi connectivity index (χ4n) is 1.42. The van der Waals surface area contributed by atoms with Gasteiger partial charge in [0.1, 0.15) is 5.75 Å². The van der Waals surface area contributed by atoms with Crippen molar-refractivity contribution < 1.29 is 34.8 Å². The number of benzene rings is 1. The Kier molecular flexibility index (Phi) is 6.65. The largest absolute Gasteiger partial charge is 0.508 e. The summed E-state index contributed by atoms with van der Waals surface area (Å²) in [5.41, 5.74) is -0.334. The lowest BCUT2D eigenvalue weighted by atomic mass is 9.98. The van der Waals surface area contributed by atoms with E-state index in [0.29, 0.717) is 0 Å². The average Bonchev–Trinajstić information content (AvgIpc) is 2.38. The molecule has 0 aromatic heterocycles. The highest BCUT2D eigenvalue weighted by atomic mass is 16.4. The van der Waals surface area contributed by atoms with Crippen LogP contribution in [0.5, 0.6) is 5.75 Å². The molecule has 114 valence electrons. The number of aromatic hydroxyl groups is 1. The van der Waals surface area contributed by atoms with Gasteiger partial charge >= 0.3 is 17.9 Å². The van der Waals surface area contributed by atoms with Gasteiger partial charge in [-0.05, 0) is 25.5 Å². The predicted octanol–water partition coefficient (Wildman–Crippen LogP) is 2.00. The molecule has 0 spiro atoms. The Balaban J connectivity index is 0.000000567. The summed E-state index contributed by atoms with van der Waals surface area (Å²) in [5, 5.41) is 34.9. The van der Waals surface area contributed by atoms with E-state index in [1.165, 1.54) is 13.0 Å². The van der Waals surface area contributed by atoms with Crippen molar-refractivity contribution in [2.24, 2.45) is 0 Å². The summed E-state index contributed by atoms with van der Waals surface area (Å²) >= 11 is 0. The first kappa shape index (κ1) is 18.2. The van der Waals surface area contributed by atoms with Crippen molar-refractivity contribution in [3.63, 3.8) is 0 Å². The molecule has 0 aliphatic rings. The van der Waals surface area contributed by atoms with Gasteiger partial charge in [0, 0.05) is 11.1 Å². The number of rotatable bonds is 4. The third-order valence-corrected chi connectivity index (χ3v) is 2.45. The summed E-state index contributed by atoms with van der Waals surface area (Å²) in [6, 6.07) is 2.27. The number of phenols is 1. The van der Waals surface area contributed by atoms with Crippen LogP contribution in [0.3, 0.4) is 0 Å². The van der Waals surface area contributed by atoms with Gasteiger partial charge in [-0.25, -0.2) is 14.4 Å². The molecule has 0 saturated carbocycles. The zero-order valence-electron chi connectivity index (χ0n) is 11.6. The molecule has 0 bridgehead atoms. The van der Waals surface area contributed by atoms with Crippen molar-refractivity contribution in [3.8, 4) is 5.75 Å². The summed E-state index contributed by atoms with van der Waals surface area (Å²) in [7, 11) is 0. The maximum atomic E-state index is 10.9. The lowest BCUT2D eigenvalue weighted by molar-refractivity contribution is -0.132. The van der Waals surface area contributed by atoms with Gasteiger partial charge in [0.25, 0.3) is 0 Å². The minimum Gasteiger partial charge on any atom is -0.508 e. The summed E-state index contributed by atoms with van der Waals surface area (Å²) in [6.07, 6.45) is 0.259. The molecule has 0 radical (unpaired) electrons. The molecular weight excluding hydrogens is 280 g/mol. The maximum absolute atomic E-state index is 10.9. The minimum absolute atomic E-state index is 0.141. The molecule has 0 aliphatic heterocycles. The zero-order chi connectivity index (χ0) is 16.7. The van der Waals surface area contributed by atoms with Gasteiger partial charge in [-0.3, -0.25) is 0 Å². The molecule has 0 fully saturated rings. The Bertz CT molecular complexity index is 575. The third kappa shape index (κ3) is 4.98. The van der Waals surface area contributed by atoms with Gasteiger partial charge in [0.15, 0.2) is 0 Å². The Morgan fingerprint density at radius 3 is 1.86 bits per heavy atom. The first-order valence-corrected chi connectivity index (χ1v) is 5.83. The fraction of sp³-hybridized carbons (Fsp3) is 0.214. The number of aromatic carboxylic acids is 2. The highest BCUT2D eigenvalue weighted by Gasteiger charge is 2.21. The fourth-order valence-corrected chi connectivity index (χ4v) is 1.42. The van der Waals surface area contributed by atoms with E-state index in [-0.39, 0.29) is 34.4 Å². The summed E-state index contributed by atoms with van der Waals surface area (Å²) < 4.78 is 0. The van der Waals surface area contributed by atoms with E-state index in [0.717, 1.165) is 6.07 Å². The van der Waals surface area contributed by atoms with Gasteiger partial charge in [-0.1, -0.05) is 13.5 Å². The molecule has 1 aromatic rings. The van der Waals surface area contributed by atoms with Gasteiger partial charge < -0.3 is 20.4 Å². The van der Waals surface area contributed by atoms with Crippen LogP contribution in [0.2, 0.25) is 0 Å². The van der Waals surface area contributed by atoms with Crippen LogP contribution >= 0.6 is 0 Å². The second-order valence-corrected chi connectivity index (χ2v) is 4.04. The van der Waals surface area contributed by atoms with Crippen molar-refractivity contribution in [2.45, 2.75) is 20.3 Å². The Morgan fingerprint density at radius 1 is 1.10 bits per heavy atom. The third-order valence-electron chi connectivity index (χ3n) is 2.45. The molecule has 1 rings (SSSR count). The van der Waals surface area contributed by atoms with Gasteiger partial charge in [-0.15, -0.1) is 0 Å². The van der Waals surface area contributed by atoms with E-state index in [2.05, 4.69) is 6.58 Å². The molecule has 21 heavy (non-hydrogen) atoms. The first-order chi connectivity index (χ1) is 9.63. The van der Waals surface area contributed by atoms with Crippen LogP contribution in [0, 0.1) is 0 Å². The molecule has 7 heteroatoms. The molecule has 0 atom stereocenters. The van der Waals surface area contributed by atoms with Gasteiger partial charge in [0.2, 0.25) is 0 Å². The van der Waals surface area contributed by atoms with E-state index in [4.69, 9.17) is 15.3 Å². The Labute approximate surface area is 120 Å². The molecule has 7 nitrogen and oxygen atoms in total. The molecule has 1 aromatic carbocycles. The van der Waals surface area contributed by atoms with Crippen molar-refractivity contribution in [1.29, 1.82) is 0 Å². The van der Waals surface area contributed by atoms with Crippen LogP contribution in [-0.2, 0) is 11.2 Å². The monoisotopic (exact) mass is 296 g/mol. The standard InChI is InChI=1S/C10H10O5.C4H6O2/c1-2-5-7(11)4-3-6(9(12)13)8(5)10(14)15;1-3(2)4(5)6/h3-4,11H,2H2,1H3,(H,12,13)(H,14,15);1H2,2H3,(H,5,6). The summed E-state index contributed by atoms with van der Waals surface area (Å²) in [4.78, 5) is 31.2. The second kappa shape index (κ2) is 7.68. The smallest absolute Gasteiger partial charge is 0.336 e. The SMILES string of the molecule is C=C(C)C(=O)O.CCc1c(O)ccc(C(=O)O)c1C(=O)O. The molecule has 4 N–H and O–H groups in total. The summed E-state index contributed by atoms with van der Waals surface area (Å²) in [5.74, 6) is -3.79. The highest BCUT2D eigenvalue weighted by molar-refractivity contribution is 6.03. The predicted molar refractivity (Wildman–Crippen MR) is 73.9 cm³/mol. The molecule has 0 aliphatic carbocycles. The van der Waals surface area contributed by atoms with Gasteiger partial charge in [-0.2, -0.15) is 0 Å². The van der Waals surface area contributed by atoms with E-state index in [1.807, 2.05) is 0 Å². The normalized spacial score (nSPS) is 9.24. The quantitative estimate of drug-likeness (QED) is 0.624. The zero-order valence-corrected chi connectivity index (χ0v) is 11.6. The molecule has 0 saturated heterocycles. The van der Waals surface area contributed by atoms with Crippen LogP contribution in [0.25, 0.3) is 0 Å². The number of carboxylic acids is 3. The van der Waals surface area contributed by atoms with E-state index < -0.39 is 17.9 Å². The molecular formula is C14H16O7. The van der Waals surface area contributed by atoms with E-state index in [1.54, 1.807) is 6.92 Å². The molecule has 0 amide bonds. The second-order valence-electron chi connectivity index (χ2n) is 4.04. The number of phenolic OH excluding ortho intramolecular Hbond substituents is 1. The highest BCUT2D eigenvalue weighted by Crippen LogP contribution is 2.25. The minimum atomic E-state index is -1.35. The Hall–Kier alpha value is -2.83. The number of hydrogen-bond donors (Lipinski definition) is 4. The average molecular weight is 296 g/mol. The van der Waals surface area contributed by atoms with Crippen LogP contribution in [0.1, 0.15) is 40.1 Å². The van der Waals surface area contributed by atoms with Crippen molar-refractivity contribution >= 4 is 17.9 Å². The van der Waals surface area contributed by atoms with Crippen LogP contribution in [0.4, 0.5) is 0 Å². The summed E-state index contributed by atoms with van der Waals surface area (Å²) in [6.45, 7) is 6.25. The number of carboxylic acid groups (broad SMARTS) is 3. The van der Waals surface area contributed by atoms with Crippen LogP contribution in [-0.4, -0.2) is 38.3 Å². The first-order valence-electron chi connectivity index (χ1n) is 5.83.